The van der Waals surface area contributed by atoms with Gasteiger partial charge in [-0.1, -0.05) is 12.1 Å². The van der Waals surface area contributed by atoms with Crippen LogP contribution in [-0.4, -0.2) is 49.6 Å². The van der Waals surface area contributed by atoms with Gasteiger partial charge in [-0.2, -0.15) is 0 Å². The number of halogens is 1. The number of Topliss-reactive ketones (excluding diaryl/α,β-unsaturated/α-hetero) is 1. The van der Waals surface area contributed by atoms with Crippen LogP contribution in [0.1, 0.15) is 49.7 Å². The molecule has 1 aliphatic heterocycles. The van der Waals surface area contributed by atoms with Gasteiger partial charge in [0.25, 0.3) is 0 Å². The highest BCUT2D eigenvalue weighted by Crippen LogP contribution is 2.61. The summed E-state index contributed by atoms with van der Waals surface area (Å²) in [5, 5.41) is 0. The van der Waals surface area contributed by atoms with E-state index in [1.54, 1.807) is 7.11 Å². The molecule has 0 N–H and O–H groups in total. The van der Waals surface area contributed by atoms with Gasteiger partial charge in [0, 0.05) is 43.5 Å². The van der Waals surface area contributed by atoms with E-state index in [9.17, 15) is 4.79 Å². The van der Waals surface area contributed by atoms with Crippen LogP contribution in [0.4, 0.5) is 0 Å². The van der Waals surface area contributed by atoms with E-state index in [2.05, 4.69) is 23.1 Å². The number of ether oxygens (including phenoxy) is 2. The number of methoxy groups -OCH3 is 2. The van der Waals surface area contributed by atoms with E-state index < -0.39 is 0 Å². The lowest BCUT2D eigenvalue weighted by Crippen LogP contribution is -2.74. The topological polar surface area (TPSA) is 38.8 Å². The van der Waals surface area contributed by atoms with Crippen LogP contribution in [0.3, 0.4) is 0 Å². The van der Waals surface area contributed by atoms with E-state index in [1.165, 1.54) is 30.5 Å². The molecule has 4 aliphatic rings. The van der Waals surface area contributed by atoms with Gasteiger partial charge in [0.15, 0.2) is 0 Å². The Labute approximate surface area is 172 Å². The number of hydrogen-bond acceptors (Lipinski definition) is 4. The van der Waals surface area contributed by atoms with Gasteiger partial charge in [-0.15, -0.1) is 17.0 Å². The number of rotatable bonds is 4. The maximum Gasteiger partial charge on any atom is 0.134 e. The summed E-state index contributed by atoms with van der Waals surface area (Å²) in [7, 11) is 3.62. The Hall–Kier alpha value is -0.910. The molecule has 0 amide bonds. The SMILES string of the molecule is Br.COc1cccc2c1C13CCN(CC4CC4)C(C2)C1(OC)CCC(=O)C3. The zero-order chi connectivity index (χ0) is 17.9. The van der Waals surface area contributed by atoms with E-state index in [-0.39, 0.29) is 28.0 Å². The highest BCUT2D eigenvalue weighted by Gasteiger charge is 2.66. The minimum atomic E-state index is -0.268. The monoisotopic (exact) mass is 435 g/mol. The highest BCUT2D eigenvalue weighted by atomic mass is 79.9. The van der Waals surface area contributed by atoms with E-state index in [1.807, 2.05) is 7.11 Å². The van der Waals surface area contributed by atoms with Crippen molar-refractivity contribution in [3.05, 3.63) is 29.3 Å². The van der Waals surface area contributed by atoms with Crippen LogP contribution in [0, 0.1) is 5.92 Å². The molecule has 1 saturated heterocycles. The van der Waals surface area contributed by atoms with Gasteiger partial charge in [0.2, 0.25) is 0 Å². The molecule has 3 unspecified atom stereocenters. The van der Waals surface area contributed by atoms with E-state index in [0.717, 1.165) is 37.5 Å². The molecular formula is C22H30BrNO3. The minimum Gasteiger partial charge on any atom is -0.496 e. The van der Waals surface area contributed by atoms with Crippen LogP contribution in [0.15, 0.2) is 18.2 Å². The average molecular weight is 436 g/mol. The van der Waals surface area contributed by atoms with Crippen LogP contribution < -0.4 is 4.74 Å². The van der Waals surface area contributed by atoms with Gasteiger partial charge in [-0.25, -0.2) is 0 Å². The van der Waals surface area contributed by atoms with Crippen LogP contribution in [0.25, 0.3) is 0 Å². The zero-order valence-electron chi connectivity index (χ0n) is 16.3. The van der Waals surface area contributed by atoms with Crippen molar-refractivity contribution in [3.63, 3.8) is 0 Å². The van der Waals surface area contributed by atoms with Crippen molar-refractivity contribution in [2.24, 2.45) is 5.92 Å². The molecule has 2 bridgehead atoms. The van der Waals surface area contributed by atoms with Crippen molar-refractivity contribution >= 4 is 22.8 Å². The summed E-state index contributed by atoms with van der Waals surface area (Å²) in [5.74, 6) is 2.19. The van der Waals surface area contributed by atoms with Gasteiger partial charge in [-0.05, 0) is 56.2 Å². The average Bonchev–Trinajstić information content (AvgIpc) is 3.47. The van der Waals surface area contributed by atoms with Gasteiger partial charge in [-0.3, -0.25) is 9.69 Å². The summed E-state index contributed by atoms with van der Waals surface area (Å²) in [4.78, 5) is 15.3. The number of carbonyl (C=O) groups is 1. The predicted molar refractivity (Wildman–Crippen MR) is 110 cm³/mol. The quantitative estimate of drug-likeness (QED) is 0.722. The first kappa shape index (κ1) is 19.4. The van der Waals surface area contributed by atoms with Crippen molar-refractivity contribution in [3.8, 4) is 5.75 Å². The molecular weight excluding hydrogens is 406 g/mol. The van der Waals surface area contributed by atoms with Crippen molar-refractivity contribution < 1.29 is 14.3 Å². The maximum absolute atomic E-state index is 12.6. The van der Waals surface area contributed by atoms with Crippen LogP contribution in [0.5, 0.6) is 5.75 Å². The molecule has 1 heterocycles. The van der Waals surface area contributed by atoms with E-state index in [4.69, 9.17) is 9.47 Å². The summed E-state index contributed by atoms with van der Waals surface area (Å²) >= 11 is 0. The third-order valence-corrected chi connectivity index (χ3v) is 7.67. The minimum absolute atomic E-state index is 0. The molecule has 1 aromatic carbocycles. The third kappa shape index (κ3) is 2.65. The predicted octanol–water partition coefficient (Wildman–Crippen LogP) is 3.69. The number of fused-ring (bicyclic) bond motifs is 1. The number of hydrogen-bond donors (Lipinski definition) is 0. The summed E-state index contributed by atoms with van der Waals surface area (Å²) < 4.78 is 12.2. The zero-order valence-corrected chi connectivity index (χ0v) is 18.0. The summed E-state index contributed by atoms with van der Waals surface area (Å²) in [5.41, 5.74) is 2.12. The molecule has 148 valence electrons. The lowest BCUT2D eigenvalue weighted by atomic mass is 9.49. The van der Waals surface area contributed by atoms with Crippen molar-refractivity contribution in [1.29, 1.82) is 0 Å². The Morgan fingerprint density at radius 1 is 1.22 bits per heavy atom. The lowest BCUT2D eigenvalue weighted by Gasteiger charge is -2.65. The van der Waals surface area contributed by atoms with Gasteiger partial charge >= 0.3 is 0 Å². The molecule has 5 heteroatoms. The molecule has 0 spiro atoms. The third-order valence-electron chi connectivity index (χ3n) is 7.67. The first-order valence-corrected chi connectivity index (χ1v) is 10.1. The Bertz CT molecular complexity index is 749. The second kappa shape index (κ2) is 6.85. The van der Waals surface area contributed by atoms with Crippen molar-refractivity contribution in [2.75, 3.05) is 27.3 Å². The molecule has 2 saturated carbocycles. The largest absolute Gasteiger partial charge is 0.496 e. The number of likely N-dealkylation sites (tertiary alicyclic amines) is 1. The van der Waals surface area contributed by atoms with Crippen LogP contribution in [0.2, 0.25) is 0 Å². The number of carbonyl (C=O) groups excluding carboxylic acids is 1. The Morgan fingerprint density at radius 3 is 2.74 bits per heavy atom. The number of benzene rings is 1. The van der Waals surface area contributed by atoms with E-state index in [0.29, 0.717) is 24.7 Å². The number of ketones is 1. The summed E-state index contributed by atoms with van der Waals surface area (Å²) in [6.45, 7) is 2.26. The van der Waals surface area contributed by atoms with Gasteiger partial charge < -0.3 is 9.47 Å². The van der Waals surface area contributed by atoms with Gasteiger partial charge in [0.1, 0.15) is 11.5 Å². The molecule has 27 heavy (non-hydrogen) atoms. The first-order chi connectivity index (χ1) is 12.6. The van der Waals surface area contributed by atoms with Crippen LogP contribution in [-0.2, 0) is 21.4 Å². The Kier molecular flexibility index (Phi) is 4.93. The van der Waals surface area contributed by atoms with Crippen molar-refractivity contribution in [2.45, 2.75) is 62.0 Å². The molecule has 0 aromatic heterocycles. The number of nitrogens with zero attached hydrogens (tertiary/aromatic N) is 1. The molecule has 1 aromatic rings. The first-order valence-electron chi connectivity index (χ1n) is 10.1. The fourth-order valence-corrected chi connectivity index (χ4v) is 6.38. The molecule has 0 radical (unpaired) electrons. The lowest BCUT2D eigenvalue weighted by molar-refractivity contribution is -0.188. The maximum atomic E-state index is 12.6. The molecule has 3 atom stereocenters. The van der Waals surface area contributed by atoms with Crippen LogP contribution >= 0.6 is 17.0 Å². The Balaban J connectivity index is 0.00000180. The molecule has 4 nitrogen and oxygen atoms in total. The second-order valence-electron chi connectivity index (χ2n) is 8.79. The normalized spacial score (nSPS) is 35.0. The molecule has 3 aliphatic carbocycles. The Morgan fingerprint density at radius 2 is 2.04 bits per heavy atom. The fraction of sp³-hybridized carbons (Fsp3) is 0.682. The highest BCUT2D eigenvalue weighted by molar-refractivity contribution is 8.93. The number of piperidine rings is 1. The standard InChI is InChI=1S/C22H29NO3.BrH/c1-25-18-5-3-4-16-12-19-22(26-2)9-8-17(24)13-21(22,20(16)18)10-11-23(19)14-15-6-7-15;/h3-5,15,19H,6-14H2,1-2H3;1H. The molecule has 5 rings (SSSR count). The second-order valence-corrected chi connectivity index (χ2v) is 8.79. The summed E-state index contributed by atoms with van der Waals surface area (Å²) in [6.07, 6.45) is 6.82. The summed E-state index contributed by atoms with van der Waals surface area (Å²) in [6, 6.07) is 6.77. The molecule has 3 fully saturated rings. The smallest absolute Gasteiger partial charge is 0.134 e. The van der Waals surface area contributed by atoms with E-state index >= 15 is 0 Å². The van der Waals surface area contributed by atoms with Gasteiger partial charge in [0.05, 0.1) is 12.7 Å². The van der Waals surface area contributed by atoms with Crippen molar-refractivity contribution in [1.82, 2.24) is 4.90 Å². The fourth-order valence-electron chi connectivity index (χ4n) is 6.38.